The maximum Gasteiger partial charge on any atom is 0.168 e. The second-order valence-electron chi connectivity index (χ2n) is 5.18. The predicted octanol–water partition coefficient (Wildman–Crippen LogP) is 2.09. The minimum atomic E-state index is -0.826. The molecule has 0 aliphatic carbocycles. The Morgan fingerprint density at radius 2 is 2.05 bits per heavy atom. The molecular formula is C13H20F2N4. The smallest absolute Gasteiger partial charge is 0.168 e. The molecule has 0 radical (unpaired) electrons. The largest absolute Gasteiger partial charge is 0.381 e. The third kappa shape index (κ3) is 3.76. The highest BCUT2D eigenvalue weighted by molar-refractivity contribution is 5.44. The zero-order valence-electron chi connectivity index (χ0n) is 11.1. The van der Waals surface area contributed by atoms with E-state index in [-0.39, 0.29) is 11.6 Å². The summed E-state index contributed by atoms with van der Waals surface area (Å²) in [7, 11) is 0. The fourth-order valence-corrected chi connectivity index (χ4v) is 2.35. The number of aromatic nitrogens is 1. The SMILES string of the molecule is CC(CNc1nc(N)c(F)cc1F)CN1CCCC1. The molecular weight excluding hydrogens is 250 g/mol. The van der Waals surface area contributed by atoms with Crippen molar-refractivity contribution < 1.29 is 8.78 Å². The van der Waals surface area contributed by atoms with Gasteiger partial charge >= 0.3 is 0 Å². The molecule has 1 fully saturated rings. The Labute approximate surface area is 112 Å². The van der Waals surface area contributed by atoms with Crippen molar-refractivity contribution in [3.05, 3.63) is 17.7 Å². The second-order valence-corrected chi connectivity index (χ2v) is 5.18. The van der Waals surface area contributed by atoms with E-state index in [2.05, 4.69) is 22.1 Å². The third-order valence-corrected chi connectivity index (χ3v) is 3.34. The summed E-state index contributed by atoms with van der Waals surface area (Å²) < 4.78 is 26.4. The van der Waals surface area contributed by atoms with Crippen molar-refractivity contribution in [2.75, 3.05) is 37.2 Å². The molecule has 1 saturated heterocycles. The van der Waals surface area contributed by atoms with Gasteiger partial charge < -0.3 is 16.0 Å². The number of likely N-dealkylation sites (tertiary alicyclic amines) is 1. The first-order chi connectivity index (χ1) is 9.06. The number of nitrogens with two attached hydrogens (primary N) is 1. The summed E-state index contributed by atoms with van der Waals surface area (Å²) in [6.45, 7) is 5.94. The maximum absolute atomic E-state index is 13.5. The highest BCUT2D eigenvalue weighted by Gasteiger charge is 2.15. The van der Waals surface area contributed by atoms with Crippen LogP contribution in [-0.2, 0) is 0 Å². The first-order valence-corrected chi connectivity index (χ1v) is 6.64. The van der Waals surface area contributed by atoms with Gasteiger partial charge in [0, 0.05) is 19.2 Å². The van der Waals surface area contributed by atoms with Crippen LogP contribution in [0, 0.1) is 17.6 Å². The number of pyridine rings is 1. The summed E-state index contributed by atoms with van der Waals surface area (Å²) >= 11 is 0. The zero-order chi connectivity index (χ0) is 13.8. The van der Waals surface area contributed by atoms with Crippen LogP contribution in [-0.4, -0.2) is 36.1 Å². The van der Waals surface area contributed by atoms with Gasteiger partial charge in [0.15, 0.2) is 23.3 Å². The molecule has 106 valence electrons. The van der Waals surface area contributed by atoms with Gasteiger partial charge in [-0.25, -0.2) is 13.8 Å². The summed E-state index contributed by atoms with van der Waals surface area (Å²) in [6.07, 6.45) is 2.51. The lowest BCUT2D eigenvalue weighted by Crippen LogP contribution is -2.29. The van der Waals surface area contributed by atoms with E-state index in [0.29, 0.717) is 12.5 Å². The molecule has 2 heterocycles. The van der Waals surface area contributed by atoms with Gasteiger partial charge in [-0.2, -0.15) is 0 Å². The molecule has 1 aliphatic rings. The molecule has 1 aromatic heterocycles. The summed E-state index contributed by atoms with van der Waals surface area (Å²) in [5.74, 6) is -1.43. The fourth-order valence-electron chi connectivity index (χ4n) is 2.35. The Morgan fingerprint density at radius 1 is 1.37 bits per heavy atom. The number of rotatable bonds is 5. The molecule has 19 heavy (non-hydrogen) atoms. The van der Waals surface area contributed by atoms with Crippen LogP contribution in [0.25, 0.3) is 0 Å². The van der Waals surface area contributed by atoms with Crippen LogP contribution >= 0.6 is 0 Å². The quantitative estimate of drug-likeness (QED) is 0.860. The van der Waals surface area contributed by atoms with Gasteiger partial charge in [-0.15, -0.1) is 0 Å². The van der Waals surface area contributed by atoms with Crippen molar-refractivity contribution >= 4 is 11.6 Å². The summed E-state index contributed by atoms with van der Waals surface area (Å²) in [4.78, 5) is 6.08. The number of anilines is 2. The van der Waals surface area contributed by atoms with Crippen LogP contribution in [0.1, 0.15) is 19.8 Å². The molecule has 0 amide bonds. The topological polar surface area (TPSA) is 54.2 Å². The Balaban J connectivity index is 1.85. The Morgan fingerprint density at radius 3 is 2.74 bits per heavy atom. The fraction of sp³-hybridized carbons (Fsp3) is 0.615. The molecule has 0 aromatic carbocycles. The van der Waals surface area contributed by atoms with Crippen LogP contribution in [0.4, 0.5) is 20.4 Å². The second kappa shape index (κ2) is 6.14. The summed E-state index contributed by atoms with van der Waals surface area (Å²) in [5.41, 5.74) is 5.33. The Kier molecular flexibility index (Phi) is 4.52. The number of hydrogen-bond acceptors (Lipinski definition) is 4. The third-order valence-electron chi connectivity index (χ3n) is 3.34. The number of nitrogens with one attached hydrogen (secondary N) is 1. The van der Waals surface area contributed by atoms with E-state index in [9.17, 15) is 8.78 Å². The standard InChI is InChI=1S/C13H20F2N4/c1-9(8-19-4-2-3-5-19)7-17-13-11(15)6-10(14)12(16)18-13/h6,9H,2-5,7-8H2,1H3,(H3,16,17,18). The van der Waals surface area contributed by atoms with Gasteiger partial charge in [-0.1, -0.05) is 6.92 Å². The monoisotopic (exact) mass is 270 g/mol. The van der Waals surface area contributed by atoms with Crippen molar-refractivity contribution in [3.63, 3.8) is 0 Å². The molecule has 1 atom stereocenters. The van der Waals surface area contributed by atoms with Crippen molar-refractivity contribution in [1.29, 1.82) is 0 Å². The molecule has 6 heteroatoms. The average Bonchev–Trinajstić information content (AvgIpc) is 2.85. The van der Waals surface area contributed by atoms with Crippen LogP contribution in [0.3, 0.4) is 0 Å². The summed E-state index contributed by atoms with van der Waals surface area (Å²) in [6, 6.07) is 0.760. The number of nitrogens with zero attached hydrogens (tertiary/aromatic N) is 2. The predicted molar refractivity (Wildman–Crippen MR) is 71.9 cm³/mol. The zero-order valence-corrected chi connectivity index (χ0v) is 11.1. The van der Waals surface area contributed by atoms with Gasteiger partial charge in [0.25, 0.3) is 0 Å². The van der Waals surface area contributed by atoms with E-state index in [1.165, 1.54) is 12.8 Å². The molecule has 1 unspecified atom stereocenters. The lowest BCUT2D eigenvalue weighted by atomic mass is 10.1. The van der Waals surface area contributed by atoms with Crippen molar-refractivity contribution in [3.8, 4) is 0 Å². The highest BCUT2D eigenvalue weighted by Crippen LogP contribution is 2.17. The van der Waals surface area contributed by atoms with Crippen LogP contribution < -0.4 is 11.1 Å². The molecule has 1 aromatic rings. The van der Waals surface area contributed by atoms with E-state index in [1.54, 1.807) is 0 Å². The lowest BCUT2D eigenvalue weighted by molar-refractivity contribution is 0.294. The first kappa shape index (κ1) is 14.0. The van der Waals surface area contributed by atoms with Crippen molar-refractivity contribution in [2.45, 2.75) is 19.8 Å². The van der Waals surface area contributed by atoms with Crippen LogP contribution in [0.15, 0.2) is 6.07 Å². The van der Waals surface area contributed by atoms with E-state index >= 15 is 0 Å². The minimum absolute atomic E-state index is 0.0205. The first-order valence-electron chi connectivity index (χ1n) is 6.64. The molecule has 0 saturated carbocycles. The Hall–Kier alpha value is -1.43. The number of hydrogen-bond donors (Lipinski definition) is 2. The molecule has 2 rings (SSSR count). The molecule has 0 spiro atoms. The van der Waals surface area contributed by atoms with Gasteiger partial charge in [0.1, 0.15) is 0 Å². The van der Waals surface area contributed by atoms with Gasteiger partial charge in [-0.05, 0) is 31.8 Å². The van der Waals surface area contributed by atoms with E-state index in [4.69, 9.17) is 5.73 Å². The molecule has 4 nitrogen and oxygen atoms in total. The maximum atomic E-state index is 13.5. The van der Waals surface area contributed by atoms with Crippen LogP contribution in [0.2, 0.25) is 0 Å². The summed E-state index contributed by atoms with van der Waals surface area (Å²) in [5, 5.41) is 2.90. The average molecular weight is 270 g/mol. The molecule has 1 aliphatic heterocycles. The van der Waals surface area contributed by atoms with Gasteiger partial charge in [-0.3, -0.25) is 0 Å². The van der Waals surface area contributed by atoms with E-state index in [1.807, 2.05) is 0 Å². The van der Waals surface area contributed by atoms with Crippen molar-refractivity contribution in [2.24, 2.45) is 5.92 Å². The minimum Gasteiger partial charge on any atom is -0.381 e. The highest BCUT2D eigenvalue weighted by atomic mass is 19.1. The lowest BCUT2D eigenvalue weighted by Gasteiger charge is -2.20. The molecule has 3 N–H and O–H groups in total. The number of nitrogen functional groups attached to an aromatic ring is 1. The van der Waals surface area contributed by atoms with Crippen LogP contribution in [0.5, 0.6) is 0 Å². The van der Waals surface area contributed by atoms with Crippen molar-refractivity contribution in [1.82, 2.24) is 9.88 Å². The van der Waals surface area contributed by atoms with E-state index in [0.717, 1.165) is 25.7 Å². The molecule has 0 bridgehead atoms. The number of halogens is 2. The van der Waals surface area contributed by atoms with E-state index < -0.39 is 11.6 Å². The normalized spacial score (nSPS) is 17.6. The van der Waals surface area contributed by atoms with Gasteiger partial charge in [0.05, 0.1) is 0 Å². The van der Waals surface area contributed by atoms with Gasteiger partial charge in [0.2, 0.25) is 0 Å². The Bertz CT molecular complexity index is 433.